The number of rotatable bonds is 9. The third-order valence-electron chi connectivity index (χ3n) is 5.92. The molecule has 0 atom stereocenters. The van der Waals surface area contributed by atoms with Crippen LogP contribution in [0.2, 0.25) is 0 Å². The molecule has 2 aliphatic rings. The maximum Gasteiger partial charge on any atom is 0.220 e. The number of aryl methyl sites for hydroxylation is 1. The highest BCUT2D eigenvalue weighted by molar-refractivity contribution is 7.18. The topological polar surface area (TPSA) is 69.0 Å². The zero-order valence-corrected chi connectivity index (χ0v) is 18.0. The van der Waals surface area contributed by atoms with Crippen molar-refractivity contribution in [1.82, 2.24) is 20.1 Å². The number of nitrogens with one attached hydrogen (secondary N) is 1. The molecule has 1 aliphatic carbocycles. The fourth-order valence-electron chi connectivity index (χ4n) is 4.11. The quantitative estimate of drug-likeness (QED) is 0.569. The summed E-state index contributed by atoms with van der Waals surface area (Å²) in [5.74, 6) is 0.915. The van der Waals surface area contributed by atoms with Crippen molar-refractivity contribution in [1.29, 1.82) is 0 Å². The average molecular weight is 425 g/mol. The normalized spacial score (nSPS) is 16.0. The van der Waals surface area contributed by atoms with Crippen LogP contribution in [0.3, 0.4) is 0 Å². The van der Waals surface area contributed by atoms with Crippen molar-refractivity contribution >= 4 is 27.5 Å². The minimum Gasteiger partial charge on any atom is -0.376 e. The Labute approximate surface area is 180 Å². The van der Waals surface area contributed by atoms with Gasteiger partial charge in [-0.15, -0.1) is 11.3 Å². The van der Waals surface area contributed by atoms with Gasteiger partial charge in [-0.05, 0) is 43.7 Å². The van der Waals surface area contributed by atoms with Crippen LogP contribution in [0.15, 0.2) is 24.3 Å². The molecule has 0 saturated heterocycles. The van der Waals surface area contributed by atoms with Crippen LogP contribution in [0.5, 0.6) is 0 Å². The summed E-state index contributed by atoms with van der Waals surface area (Å²) < 4.78 is 9.10. The number of fused-ring (bicyclic) bond motifs is 2. The number of aromatic nitrogens is 3. The van der Waals surface area contributed by atoms with Gasteiger partial charge in [-0.2, -0.15) is 5.10 Å². The zero-order valence-electron chi connectivity index (χ0n) is 17.2. The van der Waals surface area contributed by atoms with Gasteiger partial charge >= 0.3 is 0 Å². The van der Waals surface area contributed by atoms with Crippen LogP contribution in [-0.4, -0.2) is 33.8 Å². The molecule has 1 amide bonds. The number of para-hydroxylation sites is 1. The summed E-state index contributed by atoms with van der Waals surface area (Å²) in [4.78, 5) is 16.9. The Morgan fingerprint density at radius 1 is 1.27 bits per heavy atom. The predicted molar refractivity (Wildman–Crippen MR) is 118 cm³/mol. The summed E-state index contributed by atoms with van der Waals surface area (Å²) in [6, 6.07) is 8.18. The summed E-state index contributed by atoms with van der Waals surface area (Å²) in [5.41, 5.74) is 4.76. The van der Waals surface area contributed by atoms with E-state index in [1.54, 1.807) is 11.3 Å². The van der Waals surface area contributed by atoms with Gasteiger partial charge < -0.3 is 10.1 Å². The van der Waals surface area contributed by atoms with E-state index in [0.29, 0.717) is 19.6 Å². The van der Waals surface area contributed by atoms with Crippen LogP contribution < -0.4 is 5.32 Å². The van der Waals surface area contributed by atoms with Gasteiger partial charge in [0.25, 0.3) is 0 Å². The Morgan fingerprint density at radius 2 is 2.17 bits per heavy atom. The molecule has 3 aromatic rings. The molecule has 3 heterocycles. The van der Waals surface area contributed by atoms with E-state index in [1.165, 1.54) is 28.8 Å². The Kier molecular flexibility index (Phi) is 5.82. The minimum absolute atomic E-state index is 0.110. The number of ether oxygens (including phenoxy) is 1. The largest absolute Gasteiger partial charge is 0.376 e. The van der Waals surface area contributed by atoms with E-state index < -0.39 is 0 Å². The van der Waals surface area contributed by atoms with Crippen molar-refractivity contribution in [3.05, 3.63) is 46.2 Å². The molecule has 1 aliphatic heterocycles. The van der Waals surface area contributed by atoms with E-state index >= 15 is 0 Å². The number of carbonyl (C=O) groups is 1. The number of amides is 1. The molecule has 0 spiro atoms. The van der Waals surface area contributed by atoms with Crippen molar-refractivity contribution in [3.8, 4) is 0 Å². The second kappa shape index (κ2) is 8.86. The molecule has 1 N–H and O–H groups in total. The summed E-state index contributed by atoms with van der Waals surface area (Å²) in [5, 5.41) is 9.05. The molecular formula is C23H28N4O2S. The first-order valence-electron chi connectivity index (χ1n) is 11.0. The van der Waals surface area contributed by atoms with Crippen LogP contribution in [0.4, 0.5) is 0 Å². The van der Waals surface area contributed by atoms with Crippen LogP contribution >= 0.6 is 11.3 Å². The van der Waals surface area contributed by atoms with Crippen molar-refractivity contribution < 1.29 is 9.53 Å². The number of hydrogen-bond acceptors (Lipinski definition) is 5. The molecule has 5 rings (SSSR count). The standard InChI is InChI=1S/C23H28N4O2S/c28-22(6-3-7-23-25-19-4-1-2-5-21(19)30-23)24-12-10-18-17-15-29-13-11-20(17)27(26-18)14-16-8-9-16/h1-2,4-5,16H,3,6-15H2,(H,24,28). The van der Waals surface area contributed by atoms with Crippen molar-refractivity contribution in [3.63, 3.8) is 0 Å². The summed E-state index contributed by atoms with van der Waals surface area (Å²) in [6.07, 6.45) is 6.59. The lowest BCUT2D eigenvalue weighted by Gasteiger charge is -2.15. The molecular weight excluding hydrogens is 396 g/mol. The SMILES string of the molecule is O=C(CCCc1nc2ccccc2s1)NCCc1nn(CC2CC2)c2c1COCC2. The maximum absolute atomic E-state index is 12.3. The van der Waals surface area contributed by atoms with E-state index in [9.17, 15) is 4.79 Å². The Hall–Kier alpha value is -2.25. The first kappa shape index (κ1) is 19.7. The van der Waals surface area contributed by atoms with Crippen LogP contribution in [0.25, 0.3) is 10.2 Å². The fraction of sp³-hybridized carbons (Fsp3) is 0.522. The number of benzene rings is 1. The molecule has 1 fully saturated rings. The highest BCUT2D eigenvalue weighted by Gasteiger charge is 2.27. The summed E-state index contributed by atoms with van der Waals surface area (Å²) >= 11 is 1.72. The van der Waals surface area contributed by atoms with Crippen molar-refractivity contribution in [2.75, 3.05) is 13.2 Å². The van der Waals surface area contributed by atoms with Gasteiger partial charge in [-0.3, -0.25) is 9.48 Å². The molecule has 0 bridgehead atoms. The lowest BCUT2D eigenvalue weighted by atomic mass is 10.1. The lowest BCUT2D eigenvalue weighted by molar-refractivity contribution is -0.121. The monoisotopic (exact) mass is 424 g/mol. The third kappa shape index (κ3) is 4.57. The smallest absolute Gasteiger partial charge is 0.220 e. The van der Waals surface area contributed by atoms with Gasteiger partial charge in [0.05, 0.1) is 34.1 Å². The average Bonchev–Trinajstić information content (AvgIpc) is 3.37. The summed E-state index contributed by atoms with van der Waals surface area (Å²) in [7, 11) is 0. The van der Waals surface area contributed by atoms with Crippen molar-refractivity contribution in [2.45, 2.75) is 58.1 Å². The van der Waals surface area contributed by atoms with E-state index in [4.69, 9.17) is 9.84 Å². The van der Waals surface area contributed by atoms with E-state index in [0.717, 1.165) is 61.0 Å². The number of thiazole rings is 1. The molecule has 7 heteroatoms. The second-order valence-electron chi connectivity index (χ2n) is 8.33. The Morgan fingerprint density at radius 3 is 3.03 bits per heavy atom. The lowest BCUT2D eigenvalue weighted by Crippen LogP contribution is -2.26. The summed E-state index contributed by atoms with van der Waals surface area (Å²) in [6.45, 7) is 3.12. The number of hydrogen-bond donors (Lipinski definition) is 1. The molecule has 1 saturated carbocycles. The first-order valence-corrected chi connectivity index (χ1v) is 11.8. The predicted octanol–water partition coefficient (Wildman–Crippen LogP) is 3.66. The number of nitrogens with zero attached hydrogens (tertiary/aromatic N) is 3. The van der Waals surface area contributed by atoms with Crippen LogP contribution in [0, 0.1) is 5.92 Å². The van der Waals surface area contributed by atoms with Gasteiger partial charge in [-0.25, -0.2) is 4.98 Å². The molecule has 158 valence electrons. The van der Waals surface area contributed by atoms with E-state index in [1.807, 2.05) is 18.2 Å². The van der Waals surface area contributed by atoms with E-state index in [-0.39, 0.29) is 5.91 Å². The van der Waals surface area contributed by atoms with Gasteiger partial charge in [0.2, 0.25) is 5.91 Å². The second-order valence-corrected chi connectivity index (χ2v) is 9.44. The fourth-order valence-corrected chi connectivity index (χ4v) is 5.12. The van der Waals surface area contributed by atoms with E-state index in [2.05, 4.69) is 21.0 Å². The molecule has 1 aromatic carbocycles. The number of carbonyl (C=O) groups excluding carboxylic acids is 1. The van der Waals surface area contributed by atoms with Gasteiger partial charge in [-0.1, -0.05) is 12.1 Å². The minimum atomic E-state index is 0.110. The molecule has 0 radical (unpaired) electrons. The maximum atomic E-state index is 12.3. The van der Waals surface area contributed by atoms with Crippen molar-refractivity contribution in [2.24, 2.45) is 5.92 Å². The molecule has 30 heavy (non-hydrogen) atoms. The highest BCUT2D eigenvalue weighted by atomic mass is 32.1. The van der Waals surface area contributed by atoms with Crippen LogP contribution in [0.1, 0.15) is 47.6 Å². The Balaban J connectivity index is 1.09. The zero-order chi connectivity index (χ0) is 20.3. The highest BCUT2D eigenvalue weighted by Crippen LogP contribution is 2.32. The molecule has 2 aromatic heterocycles. The molecule has 6 nitrogen and oxygen atoms in total. The van der Waals surface area contributed by atoms with Gasteiger partial charge in [0.1, 0.15) is 0 Å². The third-order valence-corrected chi connectivity index (χ3v) is 7.02. The first-order chi connectivity index (χ1) is 14.8. The van der Waals surface area contributed by atoms with Gasteiger partial charge in [0.15, 0.2) is 0 Å². The Bertz CT molecular complexity index is 1000. The van der Waals surface area contributed by atoms with Gasteiger partial charge in [0, 0.05) is 43.6 Å². The van der Waals surface area contributed by atoms with Crippen LogP contribution in [-0.2, 0) is 41.9 Å². The molecule has 0 unspecified atom stereocenters.